The normalized spacial score (nSPS) is 15.2. The van der Waals surface area contributed by atoms with E-state index in [1.165, 1.54) is 11.0 Å². The molecule has 0 unspecified atom stereocenters. The van der Waals surface area contributed by atoms with E-state index in [4.69, 9.17) is 4.74 Å². The monoisotopic (exact) mass is 460 g/mol. The first-order valence-electron chi connectivity index (χ1n) is 9.49. The molecule has 1 saturated heterocycles. The molecule has 6 nitrogen and oxygen atoms in total. The zero-order valence-corrected chi connectivity index (χ0v) is 17.2. The summed E-state index contributed by atoms with van der Waals surface area (Å²) < 4.78 is 84.3. The average Bonchev–Trinajstić information content (AvgIpc) is 2.74. The highest BCUT2D eigenvalue weighted by atomic mass is 32.2. The first-order chi connectivity index (χ1) is 14.7. The molecule has 0 saturated carbocycles. The maximum Gasteiger partial charge on any atom is 0.243 e. The van der Waals surface area contributed by atoms with Gasteiger partial charge in [0.25, 0.3) is 0 Å². The summed E-state index contributed by atoms with van der Waals surface area (Å²) >= 11 is 0. The van der Waals surface area contributed by atoms with Crippen LogP contribution in [0, 0.1) is 23.3 Å². The molecule has 0 spiro atoms. The molecule has 1 amide bonds. The minimum atomic E-state index is -4.00. The van der Waals surface area contributed by atoms with Crippen LogP contribution in [0.3, 0.4) is 0 Å². The van der Waals surface area contributed by atoms with Crippen LogP contribution < -0.4 is 4.74 Å². The van der Waals surface area contributed by atoms with Crippen LogP contribution >= 0.6 is 0 Å². The molecule has 0 bridgehead atoms. The summed E-state index contributed by atoms with van der Waals surface area (Å²) in [6.45, 7) is 0.387. The van der Waals surface area contributed by atoms with Crippen LogP contribution in [-0.2, 0) is 14.8 Å². The zero-order chi connectivity index (χ0) is 22.6. The van der Waals surface area contributed by atoms with Gasteiger partial charge in [0.15, 0.2) is 23.2 Å². The molecule has 3 rings (SSSR count). The number of halogens is 4. The Kier molecular flexibility index (Phi) is 7.16. The van der Waals surface area contributed by atoms with Crippen LogP contribution in [0.1, 0.15) is 12.8 Å². The number of benzene rings is 2. The molecular formula is C20H20F4N2O4S. The van der Waals surface area contributed by atoms with Crippen molar-refractivity contribution in [2.45, 2.75) is 17.7 Å². The van der Waals surface area contributed by atoms with Crippen LogP contribution in [0.2, 0.25) is 0 Å². The molecule has 2 aromatic rings. The number of sulfonamides is 1. The minimum Gasteiger partial charge on any atom is -0.491 e. The fraction of sp³-hybridized carbons (Fsp3) is 0.350. The Balaban J connectivity index is 1.46. The minimum absolute atomic E-state index is 0.0182. The Morgan fingerprint density at radius 1 is 0.903 bits per heavy atom. The molecule has 168 valence electrons. The van der Waals surface area contributed by atoms with E-state index in [0.717, 1.165) is 22.5 Å². The van der Waals surface area contributed by atoms with E-state index in [1.54, 1.807) is 0 Å². The Bertz CT molecular complexity index is 1060. The van der Waals surface area contributed by atoms with E-state index in [2.05, 4.69) is 0 Å². The summed E-state index contributed by atoms with van der Waals surface area (Å²) in [6.07, 6.45) is 0.405. The molecular weight excluding hydrogens is 440 g/mol. The van der Waals surface area contributed by atoms with Gasteiger partial charge in [-0.1, -0.05) is 0 Å². The van der Waals surface area contributed by atoms with Gasteiger partial charge in [-0.05, 0) is 36.8 Å². The summed E-state index contributed by atoms with van der Waals surface area (Å²) in [4.78, 5) is 13.5. The number of hydrogen-bond donors (Lipinski definition) is 0. The molecule has 2 aromatic carbocycles. The topological polar surface area (TPSA) is 66.9 Å². The molecule has 1 heterocycles. The SMILES string of the molecule is O=C(CCCOc1ccc(F)cc1F)N1CCN(S(=O)(=O)c2ccc(F)c(F)c2)CC1. The van der Waals surface area contributed by atoms with Gasteiger partial charge >= 0.3 is 0 Å². The lowest BCUT2D eigenvalue weighted by Gasteiger charge is -2.34. The highest BCUT2D eigenvalue weighted by Gasteiger charge is 2.30. The molecule has 1 aliphatic heterocycles. The number of ether oxygens (including phenoxy) is 1. The largest absolute Gasteiger partial charge is 0.491 e. The van der Waals surface area contributed by atoms with Crippen molar-refractivity contribution < 1.29 is 35.5 Å². The van der Waals surface area contributed by atoms with Gasteiger partial charge in [0, 0.05) is 38.7 Å². The van der Waals surface area contributed by atoms with Crippen molar-refractivity contribution in [1.29, 1.82) is 0 Å². The summed E-state index contributed by atoms with van der Waals surface area (Å²) in [5, 5.41) is 0. The maximum atomic E-state index is 13.5. The van der Waals surface area contributed by atoms with Gasteiger partial charge in [-0.2, -0.15) is 4.31 Å². The second-order valence-electron chi connectivity index (χ2n) is 6.89. The van der Waals surface area contributed by atoms with Gasteiger partial charge < -0.3 is 9.64 Å². The molecule has 0 aromatic heterocycles. The van der Waals surface area contributed by atoms with Crippen molar-refractivity contribution in [3.05, 3.63) is 59.7 Å². The third-order valence-corrected chi connectivity index (χ3v) is 6.70. The second kappa shape index (κ2) is 9.65. The average molecular weight is 460 g/mol. The van der Waals surface area contributed by atoms with Gasteiger partial charge in [-0.3, -0.25) is 4.79 Å². The van der Waals surface area contributed by atoms with Crippen molar-refractivity contribution >= 4 is 15.9 Å². The molecule has 0 radical (unpaired) electrons. The number of piperazine rings is 1. The summed E-state index contributed by atoms with van der Waals surface area (Å²) in [5.74, 6) is -4.26. The van der Waals surface area contributed by atoms with Crippen molar-refractivity contribution in [2.75, 3.05) is 32.8 Å². The van der Waals surface area contributed by atoms with Crippen LogP contribution in [0.4, 0.5) is 17.6 Å². The standard InChI is InChI=1S/C20H20F4N2O4S/c21-14-3-6-19(18(24)12-14)30-11-1-2-20(27)25-7-9-26(10-8-25)31(28,29)15-4-5-16(22)17(23)13-15/h3-6,12-13H,1-2,7-11H2. The molecule has 31 heavy (non-hydrogen) atoms. The quantitative estimate of drug-likeness (QED) is 0.471. The predicted octanol–water partition coefficient (Wildman–Crippen LogP) is 2.94. The van der Waals surface area contributed by atoms with Gasteiger partial charge in [0.05, 0.1) is 11.5 Å². The maximum absolute atomic E-state index is 13.5. The molecule has 11 heteroatoms. The summed E-state index contributed by atoms with van der Waals surface area (Å²) in [6, 6.07) is 5.31. The third kappa shape index (κ3) is 5.53. The Labute approximate surface area is 177 Å². The van der Waals surface area contributed by atoms with Crippen LogP contribution in [0.25, 0.3) is 0 Å². The smallest absolute Gasteiger partial charge is 0.243 e. The summed E-state index contributed by atoms with van der Waals surface area (Å²) in [7, 11) is -4.00. The fourth-order valence-electron chi connectivity index (χ4n) is 3.12. The number of carbonyl (C=O) groups excluding carboxylic acids is 1. The van der Waals surface area contributed by atoms with E-state index in [0.29, 0.717) is 18.6 Å². The van der Waals surface area contributed by atoms with Gasteiger partial charge in [-0.15, -0.1) is 0 Å². The van der Waals surface area contributed by atoms with E-state index in [1.807, 2.05) is 0 Å². The highest BCUT2D eigenvalue weighted by molar-refractivity contribution is 7.89. The number of amides is 1. The molecule has 1 fully saturated rings. The predicted molar refractivity (Wildman–Crippen MR) is 103 cm³/mol. The van der Waals surface area contributed by atoms with E-state index in [9.17, 15) is 30.8 Å². The molecule has 0 N–H and O–H groups in total. The molecule has 1 aliphatic rings. The lowest BCUT2D eigenvalue weighted by Crippen LogP contribution is -2.50. The molecule has 0 atom stereocenters. The second-order valence-corrected chi connectivity index (χ2v) is 8.83. The van der Waals surface area contributed by atoms with E-state index >= 15 is 0 Å². The fourth-order valence-corrected chi connectivity index (χ4v) is 4.55. The zero-order valence-electron chi connectivity index (χ0n) is 16.4. The number of rotatable bonds is 7. The summed E-state index contributed by atoms with van der Waals surface area (Å²) in [5.41, 5.74) is 0. The Hall–Kier alpha value is -2.66. The first kappa shape index (κ1) is 23.0. The van der Waals surface area contributed by atoms with Gasteiger partial charge in [0.2, 0.25) is 15.9 Å². The van der Waals surface area contributed by atoms with Gasteiger partial charge in [0.1, 0.15) is 5.82 Å². The lowest BCUT2D eigenvalue weighted by atomic mass is 10.2. The van der Waals surface area contributed by atoms with E-state index < -0.39 is 33.3 Å². The number of carbonyl (C=O) groups is 1. The van der Waals surface area contributed by atoms with Gasteiger partial charge in [-0.25, -0.2) is 26.0 Å². The van der Waals surface area contributed by atoms with Crippen molar-refractivity contribution in [2.24, 2.45) is 0 Å². The highest BCUT2D eigenvalue weighted by Crippen LogP contribution is 2.21. The van der Waals surface area contributed by atoms with Crippen LogP contribution in [0.5, 0.6) is 5.75 Å². The number of hydrogen-bond acceptors (Lipinski definition) is 4. The first-order valence-corrected chi connectivity index (χ1v) is 10.9. The Morgan fingerprint density at radius 3 is 2.26 bits per heavy atom. The Morgan fingerprint density at radius 2 is 1.61 bits per heavy atom. The van der Waals surface area contributed by atoms with Crippen molar-refractivity contribution in [3.8, 4) is 5.75 Å². The molecule has 0 aliphatic carbocycles. The van der Waals surface area contributed by atoms with Crippen molar-refractivity contribution in [1.82, 2.24) is 9.21 Å². The van der Waals surface area contributed by atoms with Crippen molar-refractivity contribution in [3.63, 3.8) is 0 Å². The van der Waals surface area contributed by atoms with E-state index in [-0.39, 0.29) is 55.8 Å². The van der Waals surface area contributed by atoms with Crippen LogP contribution in [0.15, 0.2) is 41.3 Å². The lowest BCUT2D eigenvalue weighted by molar-refractivity contribution is -0.132. The number of nitrogens with zero attached hydrogens (tertiary/aromatic N) is 2. The third-order valence-electron chi connectivity index (χ3n) is 4.81. The van der Waals surface area contributed by atoms with Crippen LogP contribution in [-0.4, -0.2) is 56.3 Å².